The van der Waals surface area contributed by atoms with Crippen molar-refractivity contribution in [2.75, 3.05) is 0 Å². The summed E-state index contributed by atoms with van der Waals surface area (Å²) in [6.07, 6.45) is 0. The molecule has 0 aliphatic rings. The molecule has 4 nitrogen and oxygen atoms in total. The molecule has 0 unspecified atom stereocenters. The topological polar surface area (TPSA) is 70.2 Å². The molecule has 18 heavy (non-hydrogen) atoms. The number of nitrogens with one attached hydrogen (secondary N) is 1. The van der Waals surface area contributed by atoms with Crippen molar-refractivity contribution in [3.05, 3.63) is 44.2 Å². The Hall–Kier alpha value is -1.62. The van der Waals surface area contributed by atoms with Gasteiger partial charge in [-0.25, -0.2) is 4.79 Å². The third-order valence-corrected chi connectivity index (χ3v) is 3.26. The molecule has 0 saturated carbocycles. The zero-order valence-corrected chi connectivity index (χ0v) is 11.5. The lowest BCUT2D eigenvalue weighted by atomic mass is 9.98. The molecule has 94 valence electrons. The predicted molar refractivity (Wildman–Crippen MR) is 73.3 cm³/mol. The quantitative estimate of drug-likeness (QED) is 0.895. The van der Waals surface area contributed by atoms with Crippen molar-refractivity contribution < 1.29 is 9.90 Å². The third kappa shape index (κ3) is 2.18. The van der Waals surface area contributed by atoms with E-state index in [0.717, 1.165) is 16.1 Å². The van der Waals surface area contributed by atoms with Gasteiger partial charge in [0.15, 0.2) is 0 Å². The Morgan fingerprint density at radius 2 is 2.00 bits per heavy atom. The molecule has 1 heterocycles. The number of carbonyl (C=O) groups is 1. The van der Waals surface area contributed by atoms with Crippen LogP contribution in [0, 0.1) is 0 Å². The Morgan fingerprint density at radius 1 is 1.33 bits per heavy atom. The van der Waals surface area contributed by atoms with E-state index < -0.39 is 11.5 Å². The highest BCUT2D eigenvalue weighted by Gasteiger charge is 2.15. The number of pyridine rings is 1. The molecule has 0 amide bonds. The minimum absolute atomic E-state index is 0.0250. The summed E-state index contributed by atoms with van der Waals surface area (Å²) < 4.78 is 0.799. The van der Waals surface area contributed by atoms with Gasteiger partial charge in [-0.05, 0) is 23.6 Å². The van der Waals surface area contributed by atoms with Gasteiger partial charge in [-0.3, -0.25) is 4.79 Å². The van der Waals surface area contributed by atoms with Crippen LogP contribution in [0.5, 0.6) is 0 Å². The van der Waals surface area contributed by atoms with Gasteiger partial charge in [0.25, 0.3) is 0 Å². The molecule has 0 spiro atoms. The molecule has 1 aromatic heterocycles. The van der Waals surface area contributed by atoms with Crippen LogP contribution < -0.4 is 5.56 Å². The van der Waals surface area contributed by atoms with E-state index >= 15 is 0 Å². The average molecular weight is 310 g/mol. The molecule has 1 aromatic carbocycles. The van der Waals surface area contributed by atoms with Crippen LogP contribution in [0.4, 0.5) is 0 Å². The van der Waals surface area contributed by atoms with E-state index in [9.17, 15) is 9.59 Å². The lowest BCUT2D eigenvalue weighted by molar-refractivity contribution is 0.0699. The van der Waals surface area contributed by atoms with Gasteiger partial charge in [-0.1, -0.05) is 29.8 Å². The molecule has 0 saturated heterocycles. The van der Waals surface area contributed by atoms with Gasteiger partial charge in [-0.15, -0.1) is 0 Å². The first kappa shape index (κ1) is 12.8. The number of aromatic amines is 1. The molecule has 0 atom stereocenters. The zero-order valence-electron chi connectivity index (χ0n) is 9.95. The summed E-state index contributed by atoms with van der Waals surface area (Å²) in [5, 5.41) is 9.70. The summed E-state index contributed by atoms with van der Waals surface area (Å²) in [6.45, 7) is 3.99. The maximum atomic E-state index is 11.5. The first-order valence-corrected chi connectivity index (χ1v) is 6.29. The number of carboxylic acids is 1. The van der Waals surface area contributed by atoms with Gasteiger partial charge >= 0.3 is 5.97 Å². The number of benzene rings is 1. The summed E-state index contributed by atoms with van der Waals surface area (Å²) in [7, 11) is 0. The summed E-state index contributed by atoms with van der Waals surface area (Å²) in [4.78, 5) is 25.5. The third-order valence-electron chi connectivity index (χ3n) is 2.80. The fraction of sp³-hybridized carbons (Fsp3) is 0.231. The van der Waals surface area contributed by atoms with Gasteiger partial charge in [0.1, 0.15) is 0 Å². The van der Waals surface area contributed by atoms with Gasteiger partial charge in [-0.2, -0.15) is 0 Å². The van der Waals surface area contributed by atoms with Crippen molar-refractivity contribution in [1.29, 1.82) is 0 Å². The minimum atomic E-state index is -1.10. The standard InChI is InChI=1S/C13H12BrNO3/c1-6(2)8-3-7(14)4-9-10(13(17)18)5-11(16)15-12(8)9/h3-6H,1-2H3,(H,15,16)(H,17,18). The van der Waals surface area contributed by atoms with E-state index in [-0.39, 0.29) is 11.5 Å². The second-order valence-electron chi connectivity index (χ2n) is 4.42. The summed E-state index contributed by atoms with van der Waals surface area (Å²) in [6, 6.07) is 4.72. The van der Waals surface area contributed by atoms with E-state index in [2.05, 4.69) is 20.9 Å². The maximum absolute atomic E-state index is 11.5. The fourth-order valence-corrected chi connectivity index (χ4v) is 2.46. The molecule has 2 N–H and O–H groups in total. The van der Waals surface area contributed by atoms with Crippen molar-refractivity contribution in [1.82, 2.24) is 4.98 Å². The second-order valence-corrected chi connectivity index (χ2v) is 5.34. The highest BCUT2D eigenvalue weighted by molar-refractivity contribution is 9.10. The van der Waals surface area contributed by atoms with E-state index in [0.29, 0.717) is 10.9 Å². The smallest absolute Gasteiger partial charge is 0.336 e. The summed E-state index contributed by atoms with van der Waals surface area (Å²) in [5.74, 6) is -0.913. The van der Waals surface area contributed by atoms with Gasteiger partial charge < -0.3 is 10.1 Å². The number of rotatable bonds is 2. The zero-order chi connectivity index (χ0) is 13.4. The monoisotopic (exact) mass is 309 g/mol. The van der Waals surface area contributed by atoms with Crippen molar-refractivity contribution in [3.63, 3.8) is 0 Å². The van der Waals surface area contributed by atoms with Gasteiger partial charge in [0.2, 0.25) is 5.56 Å². The lowest BCUT2D eigenvalue weighted by Gasteiger charge is -2.12. The number of hydrogen-bond donors (Lipinski definition) is 2. The largest absolute Gasteiger partial charge is 0.478 e. The Bertz CT molecular complexity index is 688. The summed E-state index contributed by atoms with van der Waals surface area (Å²) >= 11 is 3.37. The SMILES string of the molecule is CC(C)c1cc(Br)cc2c(C(=O)O)cc(=O)[nH]c12. The Labute approximate surface area is 112 Å². The van der Waals surface area contributed by atoms with Crippen LogP contribution in [0.15, 0.2) is 27.5 Å². The van der Waals surface area contributed by atoms with Crippen molar-refractivity contribution in [2.45, 2.75) is 19.8 Å². The molecule has 0 bridgehead atoms. The molecule has 0 aliphatic carbocycles. The van der Waals surface area contributed by atoms with E-state index in [1.807, 2.05) is 19.9 Å². The molecular weight excluding hydrogens is 298 g/mol. The number of H-pyrrole nitrogens is 1. The highest BCUT2D eigenvalue weighted by Crippen LogP contribution is 2.29. The van der Waals surface area contributed by atoms with Crippen molar-refractivity contribution >= 4 is 32.8 Å². The van der Waals surface area contributed by atoms with Crippen LogP contribution in [0.3, 0.4) is 0 Å². The number of hydrogen-bond acceptors (Lipinski definition) is 2. The van der Waals surface area contributed by atoms with Crippen LogP contribution in [0.25, 0.3) is 10.9 Å². The molecule has 0 radical (unpaired) electrons. The number of fused-ring (bicyclic) bond motifs is 1. The molecule has 0 fully saturated rings. The Balaban J connectivity index is 2.98. The van der Waals surface area contributed by atoms with E-state index in [1.54, 1.807) is 6.07 Å². The molecular formula is C13H12BrNO3. The van der Waals surface area contributed by atoms with Crippen LogP contribution in [-0.2, 0) is 0 Å². The lowest BCUT2D eigenvalue weighted by Crippen LogP contribution is -2.11. The fourth-order valence-electron chi connectivity index (χ4n) is 1.98. The molecule has 0 aliphatic heterocycles. The first-order chi connectivity index (χ1) is 8.40. The van der Waals surface area contributed by atoms with E-state index in [4.69, 9.17) is 5.11 Å². The molecule has 5 heteroatoms. The first-order valence-electron chi connectivity index (χ1n) is 5.50. The molecule has 2 aromatic rings. The van der Waals surface area contributed by atoms with Gasteiger partial charge in [0.05, 0.1) is 11.1 Å². The highest BCUT2D eigenvalue weighted by atomic mass is 79.9. The normalized spacial score (nSPS) is 11.1. The van der Waals surface area contributed by atoms with Crippen LogP contribution in [-0.4, -0.2) is 16.1 Å². The van der Waals surface area contributed by atoms with E-state index in [1.165, 1.54) is 0 Å². The number of aromatic nitrogens is 1. The number of halogens is 1. The molecule has 2 rings (SSSR count). The summed E-state index contributed by atoms with van der Waals surface area (Å²) in [5.41, 5.74) is 1.14. The van der Waals surface area contributed by atoms with Crippen LogP contribution in [0.2, 0.25) is 0 Å². The van der Waals surface area contributed by atoms with Crippen molar-refractivity contribution in [3.8, 4) is 0 Å². The Morgan fingerprint density at radius 3 is 2.56 bits per heavy atom. The van der Waals surface area contributed by atoms with Gasteiger partial charge in [0, 0.05) is 15.9 Å². The van der Waals surface area contributed by atoms with Crippen LogP contribution in [0.1, 0.15) is 35.7 Å². The Kier molecular flexibility index (Phi) is 3.26. The number of aromatic carboxylic acids is 1. The van der Waals surface area contributed by atoms with Crippen molar-refractivity contribution in [2.24, 2.45) is 0 Å². The maximum Gasteiger partial charge on any atom is 0.336 e. The van der Waals surface area contributed by atoms with Crippen LogP contribution >= 0.6 is 15.9 Å². The number of carboxylic acid groups (broad SMARTS) is 1. The average Bonchev–Trinajstić information content (AvgIpc) is 2.27. The second kappa shape index (κ2) is 4.57. The minimum Gasteiger partial charge on any atom is -0.478 e. The predicted octanol–water partition coefficient (Wildman–Crippen LogP) is 3.11.